The molecule has 0 atom stereocenters. The zero-order chi connectivity index (χ0) is 44.3. The van der Waals surface area contributed by atoms with Crippen molar-refractivity contribution in [3.8, 4) is 0 Å². The minimum atomic E-state index is -4.51. The van der Waals surface area contributed by atoms with E-state index in [9.17, 15) is 27.6 Å². The van der Waals surface area contributed by atoms with Crippen LogP contribution in [0.2, 0.25) is 51.9 Å². The van der Waals surface area contributed by atoms with E-state index in [2.05, 4.69) is 73.1 Å². The molecule has 0 saturated carbocycles. The average molecular weight is 864 g/mol. The van der Waals surface area contributed by atoms with Crippen molar-refractivity contribution in [2.24, 2.45) is 4.99 Å². The molecule has 3 aromatic carbocycles. The van der Waals surface area contributed by atoms with Gasteiger partial charge in [-0.05, 0) is 170 Å². The lowest BCUT2D eigenvalue weighted by atomic mass is 10.1. The summed E-state index contributed by atoms with van der Waals surface area (Å²) < 4.78 is 57.7. The molecule has 0 radical (unpaired) electrons. The van der Waals surface area contributed by atoms with Gasteiger partial charge in [-0.2, -0.15) is 18.2 Å². The zero-order valence-electron chi connectivity index (χ0n) is 36.6. The van der Waals surface area contributed by atoms with Crippen LogP contribution in [-0.4, -0.2) is 62.9 Å². The largest absolute Gasteiger partial charge is 0.449 e. The summed E-state index contributed by atoms with van der Waals surface area (Å²) in [5.41, 5.74) is 8.51. The molecule has 0 aliphatic carbocycles. The summed E-state index contributed by atoms with van der Waals surface area (Å²) in [5, 5.41) is 5.02. The van der Waals surface area contributed by atoms with Gasteiger partial charge >= 0.3 is 26.9 Å². The highest BCUT2D eigenvalue weighted by molar-refractivity contribution is 6.87. The number of halogens is 3. The molecule has 0 fully saturated rings. The Bertz CT molecular complexity index is 1810. The number of rotatable bonds is 15. The van der Waals surface area contributed by atoms with Crippen LogP contribution in [0.25, 0.3) is 0 Å². The third kappa shape index (κ3) is 24.0. The van der Waals surface area contributed by atoms with Crippen LogP contribution < -0.4 is 10.6 Å². The second kappa shape index (κ2) is 24.1. The molecule has 0 bridgehead atoms. The average Bonchev–Trinajstić information content (AvgIpc) is 3.07. The van der Waals surface area contributed by atoms with Crippen molar-refractivity contribution >= 4 is 60.5 Å². The maximum atomic E-state index is 11.9. The second-order valence-corrected chi connectivity index (χ2v) is 29.2. The number of nitrogens with one attached hydrogen (secondary N) is 2. The highest BCUT2D eigenvalue weighted by atomic mass is 28.5. The molecule has 2 amide bonds. The number of carbonyl (C=O) groups is 2. The molecule has 0 unspecified atom stereocenters. The molecule has 0 aliphatic rings. The molecule has 0 saturated heterocycles. The van der Waals surface area contributed by atoms with Crippen LogP contribution in [0.5, 0.6) is 0 Å². The van der Waals surface area contributed by atoms with E-state index in [1.54, 1.807) is 24.3 Å². The van der Waals surface area contributed by atoms with E-state index in [0.29, 0.717) is 18.0 Å². The summed E-state index contributed by atoms with van der Waals surface area (Å²) in [7, 11) is -5.39. The first-order chi connectivity index (χ1) is 26.7. The SMILES string of the molecule is Cc1ccc(N=C=O)cc1C.Cc1ccc(NC(=O)OCC(F)(F)F)cc1C.Cc1ccc(NC(=O)OCCCCCC[Si](C)(O[Si](C)(C)C)O[Si](C)(C)C)cc1C. The molecule has 2 N–H and O–H groups in total. The van der Waals surface area contributed by atoms with Gasteiger partial charge in [-0.3, -0.25) is 10.6 Å². The molecule has 3 rings (SSSR count). The van der Waals surface area contributed by atoms with E-state index in [-0.39, 0.29) is 6.09 Å². The number of hydrogen-bond acceptors (Lipinski definition) is 8. The van der Waals surface area contributed by atoms with Crippen molar-refractivity contribution in [2.75, 3.05) is 23.8 Å². The number of alkyl halides is 3. The third-order valence-electron chi connectivity index (χ3n) is 8.34. The van der Waals surface area contributed by atoms with Crippen molar-refractivity contribution in [3.05, 3.63) is 88.0 Å². The summed E-state index contributed by atoms with van der Waals surface area (Å²) in [6, 6.07) is 17.5. The van der Waals surface area contributed by atoms with Gasteiger partial charge in [0, 0.05) is 11.4 Å². The van der Waals surface area contributed by atoms with Crippen LogP contribution in [-0.2, 0) is 22.5 Å². The number of aliphatic imine (C=N–C) groups is 1. The molecule has 3 aromatic rings. The number of carbonyl (C=O) groups excluding carboxylic acids is 3. The van der Waals surface area contributed by atoms with Crippen molar-refractivity contribution in [2.45, 2.75) is 125 Å². The van der Waals surface area contributed by atoms with Crippen LogP contribution in [0.15, 0.2) is 59.6 Å². The van der Waals surface area contributed by atoms with Crippen molar-refractivity contribution < 1.29 is 45.3 Å². The summed E-state index contributed by atoms with van der Waals surface area (Å²) >= 11 is 0. The van der Waals surface area contributed by atoms with E-state index in [0.717, 1.165) is 59.7 Å². The maximum Gasteiger partial charge on any atom is 0.422 e. The van der Waals surface area contributed by atoms with E-state index in [1.807, 2.05) is 65.0 Å². The van der Waals surface area contributed by atoms with Crippen molar-refractivity contribution in [1.82, 2.24) is 0 Å². The first-order valence-electron chi connectivity index (χ1n) is 19.3. The van der Waals surface area contributed by atoms with Crippen molar-refractivity contribution in [3.63, 3.8) is 0 Å². The van der Waals surface area contributed by atoms with E-state index < -0.39 is 44.1 Å². The van der Waals surface area contributed by atoms with Crippen LogP contribution in [0.4, 0.5) is 39.8 Å². The number of ether oxygens (including phenoxy) is 2. The summed E-state index contributed by atoms with van der Waals surface area (Å²) in [6.07, 6.45) is -0.382. The molecule has 322 valence electrons. The Hall–Kier alpha value is -4.06. The molecule has 0 aromatic heterocycles. The smallest absolute Gasteiger partial charge is 0.422 e. The quantitative estimate of drug-likeness (QED) is 0.0674. The fourth-order valence-electron chi connectivity index (χ4n) is 5.43. The predicted octanol–water partition coefficient (Wildman–Crippen LogP) is 12.9. The van der Waals surface area contributed by atoms with Crippen LogP contribution in [0.3, 0.4) is 0 Å². The van der Waals surface area contributed by atoms with E-state index in [1.165, 1.54) is 17.2 Å². The van der Waals surface area contributed by atoms with Gasteiger partial charge in [-0.1, -0.05) is 37.5 Å². The number of anilines is 2. The molecular formula is C42H64F3N3O7Si3. The molecule has 10 nitrogen and oxygen atoms in total. The summed E-state index contributed by atoms with van der Waals surface area (Å²) in [4.78, 5) is 36.3. The van der Waals surface area contributed by atoms with Gasteiger partial charge in [0.1, 0.15) is 0 Å². The molecule has 0 aliphatic heterocycles. The van der Waals surface area contributed by atoms with Crippen LogP contribution >= 0.6 is 0 Å². The number of isocyanates is 1. The first-order valence-corrected chi connectivity index (χ1v) is 28.7. The lowest BCUT2D eigenvalue weighted by Gasteiger charge is -2.38. The van der Waals surface area contributed by atoms with Gasteiger partial charge < -0.3 is 17.7 Å². The number of hydrogen-bond donors (Lipinski definition) is 2. The molecule has 58 heavy (non-hydrogen) atoms. The molecule has 0 heterocycles. The number of nitrogens with zero attached hydrogens (tertiary/aromatic N) is 1. The number of benzene rings is 3. The monoisotopic (exact) mass is 863 g/mol. The van der Waals surface area contributed by atoms with Crippen LogP contribution in [0.1, 0.15) is 59.1 Å². The Morgan fingerprint density at radius 1 is 0.621 bits per heavy atom. The Morgan fingerprint density at radius 3 is 1.47 bits per heavy atom. The van der Waals surface area contributed by atoms with Gasteiger partial charge in [0.05, 0.1) is 12.3 Å². The van der Waals surface area contributed by atoms with Crippen molar-refractivity contribution in [1.29, 1.82) is 0 Å². The normalized spacial score (nSPS) is 11.5. The fourth-order valence-corrected chi connectivity index (χ4v) is 18.0. The Balaban J connectivity index is 0.000000499. The Kier molecular flexibility index (Phi) is 21.6. The summed E-state index contributed by atoms with van der Waals surface area (Å²) in [5.74, 6) is 0. The number of aryl methyl sites for hydroxylation is 6. The number of unbranched alkanes of at least 4 members (excludes halogenated alkanes) is 3. The lowest BCUT2D eigenvalue weighted by Crippen LogP contribution is -2.52. The van der Waals surface area contributed by atoms with Crippen LogP contribution in [0, 0.1) is 41.5 Å². The van der Waals surface area contributed by atoms with Gasteiger partial charge in [0.2, 0.25) is 6.08 Å². The predicted molar refractivity (Wildman–Crippen MR) is 235 cm³/mol. The third-order valence-corrected chi connectivity index (χ3v) is 18.0. The fraction of sp³-hybridized carbons (Fsp3) is 0.500. The Labute approximate surface area is 346 Å². The zero-order valence-corrected chi connectivity index (χ0v) is 39.6. The topological polar surface area (TPSA) is 125 Å². The Morgan fingerprint density at radius 2 is 1.05 bits per heavy atom. The number of amides is 2. The van der Waals surface area contributed by atoms with Gasteiger partial charge in [-0.15, -0.1) is 0 Å². The minimum absolute atomic E-state index is 0.384. The molecule has 0 spiro atoms. The van der Waals surface area contributed by atoms with E-state index >= 15 is 0 Å². The van der Waals surface area contributed by atoms with Gasteiger partial charge in [0.15, 0.2) is 23.2 Å². The molecule has 16 heteroatoms. The first kappa shape index (κ1) is 52.0. The summed E-state index contributed by atoms with van der Waals surface area (Å²) in [6.45, 7) is 26.4. The van der Waals surface area contributed by atoms with Gasteiger partial charge in [0.25, 0.3) is 0 Å². The minimum Gasteiger partial charge on any atom is -0.449 e. The molecular weight excluding hydrogens is 800 g/mol. The second-order valence-electron chi connectivity index (χ2n) is 16.4. The highest BCUT2D eigenvalue weighted by Crippen LogP contribution is 2.27. The standard InChI is InChI=1S/C22H43NO4Si3.C11H12F3NO2.C9H9NO/c1-19-14-15-21(18-20(19)2)23-22(24)25-16-12-10-11-13-17-30(9,26-28(3,4)5)27-29(6,7)8;1-7-3-4-9(5-8(7)2)15-10(16)17-6-11(12,13)14;1-7-3-4-9(10-6-11)5-8(7)2/h14-15,18H,10-13,16-17H2,1-9H3,(H,23,24);3-5H,6H2,1-2H3,(H,15,16);3-5H,1-2H3. The lowest BCUT2D eigenvalue weighted by molar-refractivity contribution is -0.159. The van der Waals surface area contributed by atoms with Gasteiger partial charge in [-0.25, -0.2) is 14.4 Å². The van der Waals surface area contributed by atoms with E-state index in [4.69, 9.17) is 13.0 Å². The maximum absolute atomic E-state index is 11.9. The highest BCUT2D eigenvalue weighted by Gasteiger charge is 2.39.